The molecule has 2 heterocycles. The number of nitrogens with zero attached hydrogens (tertiary/aromatic N) is 2. The van der Waals surface area contributed by atoms with Gasteiger partial charge in [-0.25, -0.2) is 4.79 Å². The Hall–Kier alpha value is -2.31. The maximum Gasteiger partial charge on any atom is 0.336 e. The lowest BCUT2D eigenvalue weighted by molar-refractivity contribution is -0.170. The molecule has 0 aliphatic carbocycles. The van der Waals surface area contributed by atoms with Gasteiger partial charge >= 0.3 is 17.9 Å². The number of hydrogen-bond acceptors (Lipinski definition) is 8. The summed E-state index contributed by atoms with van der Waals surface area (Å²) in [5, 5.41) is 36.0. The van der Waals surface area contributed by atoms with E-state index in [1.165, 1.54) is 14.6 Å². The minimum atomic E-state index is -2.74. The first kappa shape index (κ1) is 27.7. The third kappa shape index (κ3) is 10.8. The van der Waals surface area contributed by atoms with Crippen LogP contribution in [-0.4, -0.2) is 80.9 Å². The van der Waals surface area contributed by atoms with Gasteiger partial charge in [-0.3, -0.25) is 14.5 Å². The van der Waals surface area contributed by atoms with Gasteiger partial charge in [0.2, 0.25) is 0 Å². The fraction of sp³-hybridized carbons (Fsp3) is 0.476. The molecule has 0 spiro atoms. The van der Waals surface area contributed by atoms with Crippen molar-refractivity contribution >= 4 is 40.6 Å². The van der Waals surface area contributed by atoms with Crippen molar-refractivity contribution < 1.29 is 34.8 Å². The SMILES string of the molecule is Cc1ccc(CN(CCN(C)C)Cc2cccs2)s1.O=C(O)CC(O)(CC(=O)O)C(=O)O. The Balaban J connectivity index is 0.000000347. The molecule has 0 saturated heterocycles. The molecule has 0 bridgehead atoms. The van der Waals surface area contributed by atoms with Crippen molar-refractivity contribution in [2.75, 3.05) is 27.2 Å². The van der Waals surface area contributed by atoms with Gasteiger partial charge in [0, 0.05) is 40.8 Å². The molecule has 0 radical (unpaired) electrons. The topological polar surface area (TPSA) is 139 Å². The van der Waals surface area contributed by atoms with Gasteiger partial charge in [0.25, 0.3) is 0 Å². The van der Waals surface area contributed by atoms with Gasteiger partial charge in [-0.05, 0) is 44.6 Å². The second kappa shape index (κ2) is 13.3. The van der Waals surface area contributed by atoms with Crippen LogP contribution < -0.4 is 0 Å². The number of thiophene rings is 2. The Morgan fingerprint density at radius 3 is 1.94 bits per heavy atom. The average Bonchev–Trinajstić information content (AvgIpc) is 3.30. The van der Waals surface area contributed by atoms with Crippen molar-refractivity contribution in [3.8, 4) is 0 Å². The van der Waals surface area contributed by atoms with Crippen LogP contribution >= 0.6 is 22.7 Å². The molecule has 4 N–H and O–H groups in total. The lowest BCUT2D eigenvalue weighted by Gasteiger charge is -2.23. The summed E-state index contributed by atoms with van der Waals surface area (Å²) >= 11 is 3.76. The Bertz CT molecular complexity index is 849. The van der Waals surface area contributed by atoms with E-state index in [4.69, 9.17) is 20.4 Å². The summed E-state index contributed by atoms with van der Waals surface area (Å²) < 4.78 is 0. The third-order valence-electron chi connectivity index (χ3n) is 4.28. The average molecular weight is 487 g/mol. The minimum absolute atomic E-state index is 1.06. The molecular weight excluding hydrogens is 456 g/mol. The second-order valence-corrected chi connectivity index (χ2v) is 9.99. The zero-order chi connectivity index (χ0) is 24.3. The first-order valence-corrected chi connectivity index (χ1v) is 11.4. The first-order valence-electron chi connectivity index (χ1n) is 9.75. The van der Waals surface area contributed by atoms with E-state index in [2.05, 4.69) is 60.5 Å². The van der Waals surface area contributed by atoms with E-state index in [1.807, 2.05) is 22.7 Å². The van der Waals surface area contributed by atoms with Gasteiger partial charge in [-0.1, -0.05) is 6.07 Å². The van der Waals surface area contributed by atoms with Gasteiger partial charge in [0.05, 0.1) is 12.8 Å². The maximum atomic E-state index is 10.3. The summed E-state index contributed by atoms with van der Waals surface area (Å²) in [6.45, 7) is 6.52. The van der Waals surface area contributed by atoms with Crippen LogP contribution in [0, 0.1) is 6.92 Å². The summed E-state index contributed by atoms with van der Waals surface area (Å²) in [6.07, 6.45) is -2.29. The Kier molecular flexibility index (Phi) is 11.5. The maximum absolute atomic E-state index is 10.3. The predicted molar refractivity (Wildman–Crippen MR) is 123 cm³/mol. The molecule has 9 nitrogen and oxygen atoms in total. The lowest BCUT2D eigenvalue weighted by Crippen LogP contribution is -2.42. The quantitative estimate of drug-likeness (QED) is 0.356. The predicted octanol–water partition coefficient (Wildman–Crippen LogP) is 2.43. The molecule has 0 fully saturated rings. The summed E-state index contributed by atoms with van der Waals surface area (Å²) in [6, 6.07) is 8.85. The van der Waals surface area contributed by atoms with Crippen LogP contribution in [-0.2, 0) is 27.5 Å². The van der Waals surface area contributed by atoms with Gasteiger partial charge in [-0.2, -0.15) is 0 Å². The molecule has 0 unspecified atom stereocenters. The van der Waals surface area contributed by atoms with E-state index >= 15 is 0 Å². The number of carboxylic acid groups (broad SMARTS) is 3. The molecule has 0 saturated carbocycles. The van der Waals surface area contributed by atoms with Crippen LogP contribution in [0.5, 0.6) is 0 Å². The standard InChI is InChI=1S/C15H22N2S2.C6H8O7/c1-13-6-7-15(19-13)12-17(9-8-16(2)3)11-14-5-4-10-18-14;7-3(8)1-6(13,5(11)12)2-4(9)10/h4-7,10H,8-9,11-12H2,1-3H3;13H,1-2H2,(H,7,8)(H,9,10)(H,11,12). The highest BCUT2D eigenvalue weighted by Gasteiger charge is 2.40. The number of carboxylic acids is 3. The number of likely N-dealkylation sites (N-methyl/N-ethyl adjacent to an activating group) is 1. The summed E-state index contributed by atoms with van der Waals surface area (Å²) in [5.74, 6) is -5.02. The summed E-state index contributed by atoms with van der Waals surface area (Å²) in [5.41, 5.74) is -2.74. The highest BCUT2D eigenvalue weighted by atomic mass is 32.1. The van der Waals surface area contributed by atoms with Crippen LogP contribution in [0.4, 0.5) is 0 Å². The van der Waals surface area contributed by atoms with Crippen molar-refractivity contribution in [1.29, 1.82) is 0 Å². The van der Waals surface area contributed by atoms with Crippen LogP contribution in [0.2, 0.25) is 0 Å². The summed E-state index contributed by atoms with van der Waals surface area (Å²) in [4.78, 5) is 39.6. The number of carbonyl (C=O) groups is 3. The van der Waals surface area contributed by atoms with Gasteiger partial charge < -0.3 is 25.3 Å². The molecule has 2 aromatic heterocycles. The van der Waals surface area contributed by atoms with Crippen LogP contribution in [0.25, 0.3) is 0 Å². The molecule has 32 heavy (non-hydrogen) atoms. The second-order valence-electron chi connectivity index (χ2n) is 7.58. The van der Waals surface area contributed by atoms with Crippen molar-refractivity contribution in [2.24, 2.45) is 0 Å². The number of aliphatic hydroxyl groups is 1. The molecule has 2 aromatic rings. The highest BCUT2D eigenvalue weighted by Crippen LogP contribution is 2.20. The molecule has 0 aliphatic heterocycles. The molecular formula is C21H30N2O7S2. The van der Waals surface area contributed by atoms with Crippen molar-refractivity contribution in [1.82, 2.24) is 9.80 Å². The smallest absolute Gasteiger partial charge is 0.336 e. The Labute approximate surface area is 195 Å². The van der Waals surface area contributed by atoms with E-state index in [0.717, 1.165) is 26.2 Å². The Morgan fingerprint density at radius 1 is 0.938 bits per heavy atom. The normalized spacial score (nSPS) is 11.3. The lowest BCUT2D eigenvalue weighted by atomic mass is 9.96. The third-order valence-corrected chi connectivity index (χ3v) is 6.13. The molecule has 2 rings (SSSR count). The highest BCUT2D eigenvalue weighted by molar-refractivity contribution is 7.11. The van der Waals surface area contributed by atoms with Crippen LogP contribution in [0.3, 0.4) is 0 Å². The van der Waals surface area contributed by atoms with E-state index in [-0.39, 0.29) is 0 Å². The summed E-state index contributed by atoms with van der Waals surface area (Å²) in [7, 11) is 4.28. The van der Waals surface area contributed by atoms with E-state index in [9.17, 15) is 14.4 Å². The van der Waals surface area contributed by atoms with Gasteiger partial charge in [-0.15, -0.1) is 22.7 Å². The van der Waals surface area contributed by atoms with Crippen LogP contribution in [0.15, 0.2) is 29.6 Å². The van der Waals surface area contributed by atoms with Gasteiger partial charge in [0.15, 0.2) is 5.60 Å². The number of hydrogen-bond donors (Lipinski definition) is 4. The fourth-order valence-corrected chi connectivity index (χ4v) is 4.36. The zero-order valence-electron chi connectivity index (χ0n) is 18.4. The monoisotopic (exact) mass is 486 g/mol. The minimum Gasteiger partial charge on any atom is -0.481 e. The molecule has 11 heteroatoms. The molecule has 0 amide bonds. The molecule has 0 aliphatic rings. The first-order chi connectivity index (χ1) is 14.9. The number of aryl methyl sites for hydroxylation is 1. The van der Waals surface area contributed by atoms with Crippen molar-refractivity contribution in [3.63, 3.8) is 0 Å². The molecule has 0 aromatic carbocycles. The molecule has 0 atom stereocenters. The Morgan fingerprint density at radius 2 is 1.53 bits per heavy atom. The van der Waals surface area contributed by atoms with E-state index in [0.29, 0.717) is 0 Å². The van der Waals surface area contributed by atoms with E-state index < -0.39 is 36.4 Å². The van der Waals surface area contributed by atoms with Crippen LogP contribution in [0.1, 0.15) is 27.5 Å². The molecule has 178 valence electrons. The van der Waals surface area contributed by atoms with E-state index in [1.54, 1.807) is 0 Å². The largest absolute Gasteiger partial charge is 0.481 e. The fourth-order valence-electron chi connectivity index (χ4n) is 2.68. The number of rotatable bonds is 12. The van der Waals surface area contributed by atoms with Crippen molar-refractivity contribution in [3.05, 3.63) is 44.3 Å². The van der Waals surface area contributed by atoms with Gasteiger partial charge in [0.1, 0.15) is 0 Å². The number of aliphatic carboxylic acids is 3. The zero-order valence-corrected chi connectivity index (χ0v) is 20.0. The van der Waals surface area contributed by atoms with Crippen molar-refractivity contribution in [2.45, 2.75) is 38.5 Å².